The van der Waals surface area contributed by atoms with Crippen LogP contribution in [0.5, 0.6) is 0 Å². The number of benzene rings is 1. The second kappa shape index (κ2) is 9.58. The summed E-state index contributed by atoms with van der Waals surface area (Å²) in [6.45, 7) is 1.48. The Bertz CT molecular complexity index is 1880. The van der Waals surface area contributed by atoms with Crippen LogP contribution in [0, 0.1) is 6.92 Å². The molecule has 3 aromatic heterocycles. The largest absolute Gasteiger partial charge is 0.394 e. The number of hydrogen-bond acceptors (Lipinski definition) is 8. The Morgan fingerprint density at radius 2 is 1.67 bits per heavy atom. The summed E-state index contributed by atoms with van der Waals surface area (Å²) in [5.41, 5.74) is 2.27. The molecule has 4 aliphatic carbocycles. The average molecular weight is 614 g/mol. The van der Waals surface area contributed by atoms with Crippen molar-refractivity contribution in [3.8, 4) is 0 Å². The van der Waals surface area contributed by atoms with E-state index in [2.05, 4.69) is 9.71 Å². The lowest BCUT2D eigenvalue weighted by Gasteiger charge is -2.52. The zero-order chi connectivity index (χ0) is 29.5. The lowest BCUT2D eigenvalue weighted by atomic mass is 9.57. The topological polar surface area (TPSA) is 156 Å². The Morgan fingerprint density at radius 3 is 2.29 bits per heavy atom. The number of imidazole rings is 1. The zero-order valence-corrected chi connectivity index (χ0v) is 25.0. The van der Waals surface area contributed by atoms with E-state index in [1.54, 1.807) is 36.5 Å². The summed E-state index contributed by atoms with van der Waals surface area (Å²) in [4.78, 5) is 9.77. The van der Waals surface area contributed by atoms with Crippen molar-refractivity contribution in [2.45, 2.75) is 91.9 Å². The molecule has 4 aliphatic rings. The van der Waals surface area contributed by atoms with Gasteiger partial charge in [-0.1, -0.05) is 17.7 Å². The number of rotatable bonds is 9. The number of aliphatic hydroxyl groups is 2. The molecule has 13 heteroatoms. The van der Waals surface area contributed by atoms with Gasteiger partial charge >= 0.3 is 0 Å². The van der Waals surface area contributed by atoms with E-state index in [9.17, 15) is 27.0 Å². The lowest BCUT2D eigenvalue weighted by molar-refractivity contribution is 0.0875. The van der Waals surface area contributed by atoms with Gasteiger partial charge in [0.05, 0.1) is 45.8 Å². The van der Waals surface area contributed by atoms with Crippen LogP contribution in [0.1, 0.15) is 68.4 Å². The van der Waals surface area contributed by atoms with Crippen LogP contribution in [0.25, 0.3) is 16.7 Å². The number of nitrogens with one attached hydrogen (secondary N) is 1. The molecule has 0 saturated heterocycles. The minimum atomic E-state index is -3.92. The van der Waals surface area contributed by atoms with Crippen LogP contribution in [-0.4, -0.2) is 68.9 Å². The van der Waals surface area contributed by atoms with Gasteiger partial charge in [0, 0.05) is 23.6 Å². The van der Waals surface area contributed by atoms with Crippen molar-refractivity contribution in [1.29, 1.82) is 0 Å². The standard InChI is InChI=1S/C29H35N5O6S2/c1-19-2-4-22(5-3-19)42(39,40)33-15-8-24-26(33)30-17-25-23(16-20(36)18-35)31-27(34(24)25)28-9-12-29(13-10-28,14-11-28)32-41(37,38)21-6-7-21/h2-5,8,15,17,20-21,32,35-36H,6-7,9-14,16,18H2,1H3. The number of aliphatic hydroxyl groups excluding tert-OH is 2. The summed E-state index contributed by atoms with van der Waals surface area (Å²) in [7, 11) is -7.24. The number of nitrogens with zero attached hydrogens (tertiary/aromatic N) is 4. The van der Waals surface area contributed by atoms with Crippen molar-refractivity contribution in [2.24, 2.45) is 0 Å². The molecule has 4 saturated carbocycles. The van der Waals surface area contributed by atoms with Gasteiger partial charge in [-0.15, -0.1) is 0 Å². The summed E-state index contributed by atoms with van der Waals surface area (Å²) in [5, 5.41) is 19.6. The molecule has 0 aliphatic heterocycles. The van der Waals surface area contributed by atoms with Crippen molar-refractivity contribution >= 4 is 36.7 Å². The third-order valence-corrected chi connectivity index (χ3v) is 13.4. The van der Waals surface area contributed by atoms with E-state index in [4.69, 9.17) is 4.98 Å². The molecule has 8 rings (SSSR count). The molecule has 1 atom stereocenters. The van der Waals surface area contributed by atoms with E-state index in [1.165, 1.54) is 10.2 Å². The predicted octanol–water partition coefficient (Wildman–Crippen LogP) is 2.55. The third-order valence-electron chi connectivity index (χ3n) is 9.61. The molecule has 3 N–H and O–H groups in total. The zero-order valence-electron chi connectivity index (χ0n) is 23.4. The quantitative estimate of drug-likeness (QED) is 0.260. The van der Waals surface area contributed by atoms with E-state index >= 15 is 0 Å². The van der Waals surface area contributed by atoms with Crippen LogP contribution >= 0.6 is 0 Å². The summed E-state index contributed by atoms with van der Waals surface area (Å²) in [5.74, 6) is 0.772. The molecule has 1 aromatic carbocycles. The van der Waals surface area contributed by atoms with Crippen molar-refractivity contribution < 1.29 is 27.0 Å². The summed E-state index contributed by atoms with van der Waals surface area (Å²) in [6.07, 6.45) is 7.94. The molecule has 0 amide bonds. The molecule has 4 fully saturated rings. The Hall–Kier alpha value is -2.84. The first kappa shape index (κ1) is 28.0. The van der Waals surface area contributed by atoms with Crippen LogP contribution < -0.4 is 4.72 Å². The fraction of sp³-hybridized carbons (Fsp3) is 0.517. The average Bonchev–Trinajstić information content (AvgIpc) is 3.65. The molecular formula is C29H35N5O6S2. The normalized spacial score (nSPS) is 25.4. The van der Waals surface area contributed by atoms with E-state index in [0.717, 1.165) is 43.5 Å². The second-order valence-corrected chi connectivity index (χ2v) is 16.2. The number of aryl methyl sites for hydroxylation is 1. The Labute approximate surface area is 244 Å². The highest BCUT2D eigenvalue weighted by molar-refractivity contribution is 7.90. The van der Waals surface area contributed by atoms with Crippen LogP contribution in [0.2, 0.25) is 0 Å². The SMILES string of the molecule is Cc1ccc(S(=O)(=O)n2ccc3c2ncc2c(CC(O)CO)nc(C45CCC(NS(=O)(=O)C6CC6)(CC4)CC5)n23)cc1. The maximum Gasteiger partial charge on any atom is 0.269 e. The molecule has 2 bridgehead atoms. The summed E-state index contributed by atoms with van der Waals surface area (Å²) in [6, 6.07) is 8.41. The summed E-state index contributed by atoms with van der Waals surface area (Å²) >= 11 is 0. The van der Waals surface area contributed by atoms with Crippen LogP contribution in [-0.2, 0) is 31.9 Å². The molecule has 42 heavy (non-hydrogen) atoms. The Balaban J connectivity index is 1.33. The minimum absolute atomic E-state index is 0.122. The molecule has 3 heterocycles. The van der Waals surface area contributed by atoms with E-state index in [1.807, 2.05) is 11.3 Å². The van der Waals surface area contributed by atoms with Crippen LogP contribution in [0.4, 0.5) is 0 Å². The smallest absolute Gasteiger partial charge is 0.269 e. The summed E-state index contributed by atoms with van der Waals surface area (Å²) < 4.78 is 59.2. The fourth-order valence-corrected chi connectivity index (χ4v) is 10.0. The molecule has 4 aromatic rings. The number of aromatic nitrogens is 4. The van der Waals surface area contributed by atoms with Gasteiger partial charge in [-0.3, -0.25) is 4.40 Å². The lowest BCUT2D eigenvalue weighted by Crippen LogP contribution is -2.58. The molecule has 11 nitrogen and oxygen atoms in total. The van der Waals surface area contributed by atoms with Gasteiger partial charge in [0.1, 0.15) is 5.82 Å². The van der Waals surface area contributed by atoms with Crippen LogP contribution in [0.15, 0.2) is 47.6 Å². The first-order valence-electron chi connectivity index (χ1n) is 14.5. The number of hydrogen-bond donors (Lipinski definition) is 3. The van der Waals surface area contributed by atoms with Gasteiger partial charge in [0.25, 0.3) is 10.0 Å². The fourth-order valence-electron chi connectivity index (χ4n) is 6.92. The molecule has 0 radical (unpaired) electrons. The molecule has 1 unspecified atom stereocenters. The van der Waals surface area contributed by atoms with Crippen molar-refractivity contribution in [1.82, 2.24) is 23.1 Å². The Morgan fingerprint density at radius 1 is 1.00 bits per heavy atom. The number of fused-ring (bicyclic) bond motifs is 6. The van der Waals surface area contributed by atoms with Crippen LogP contribution in [0.3, 0.4) is 0 Å². The van der Waals surface area contributed by atoms with E-state index < -0.39 is 38.3 Å². The third kappa shape index (κ3) is 4.39. The van der Waals surface area contributed by atoms with Gasteiger partial charge in [-0.05, 0) is 76.5 Å². The van der Waals surface area contributed by atoms with Gasteiger partial charge in [0.2, 0.25) is 10.0 Å². The highest BCUT2D eigenvalue weighted by atomic mass is 32.2. The molecule has 224 valence electrons. The van der Waals surface area contributed by atoms with Crippen molar-refractivity contribution in [2.75, 3.05) is 6.61 Å². The minimum Gasteiger partial charge on any atom is -0.394 e. The van der Waals surface area contributed by atoms with Gasteiger partial charge in [0.15, 0.2) is 5.65 Å². The van der Waals surface area contributed by atoms with Gasteiger partial charge < -0.3 is 10.2 Å². The monoisotopic (exact) mass is 613 g/mol. The number of sulfonamides is 1. The maximum atomic E-state index is 13.6. The van der Waals surface area contributed by atoms with E-state index in [0.29, 0.717) is 36.0 Å². The highest BCUT2D eigenvalue weighted by Crippen LogP contribution is 2.54. The van der Waals surface area contributed by atoms with Crippen molar-refractivity contribution in [3.05, 3.63) is 59.8 Å². The van der Waals surface area contributed by atoms with E-state index in [-0.39, 0.29) is 27.6 Å². The molecule has 0 spiro atoms. The maximum absolute atomic E-state index is 13.6. The highest BCUT2D eigenvalue weighted by Gasteiger charge is 2.54. The first-order chi connectivity index (χ1) is 20.0. The van der Waals surface area contributed by atoms with Gasteiger partial charge in [-0.25, -0.2) is 35.5 Å². The predicted molar refractivity (Wildman–Crippen MR) is 156 cm³/mol. The second-order valence-electron chi connectivity index (χ2n) is 12.4. The molecular weight excluding hydrogens is 578 g/mol. The van der Waals surface area contributed by atoms with Gasteiger partial charge in [-0.2, -0.15) is 0 Å². The Kier molecular flexibility index (Phi) is 6.38. The van der Waals surface area contributed by atoms with Crippen molar-refractivity contribution in [3.63, 3.8) is 0 Å². The first-order valence-corrected chi connectivity index (χ1v) is 17.5.